The molecular weight excluding hydrogens is 208 g/mol. The van der Waals surface area contributed by atoms with Crippen molar-refractivity contribution in [2.45, 2.75) is 51.6 Å². The minimum Gasteiger partial charge on any atom is -0.463 e. The SMILES string of the molecule is CCOC(=O)C1=CCCC2OC(C)(C)OC12. The van der Waals surface area contributed by atoms with E-state index < -0.39 is 5.79 Å². The van der Waals surface area contributed by atoms with E-state index in [1.807, 2.05) is 19.9 Å². The van der Waals surface area contributed by atoms with E-state index in [-0.39, 0.29) is 18.2 Å². The molecule has 0 amide bonds. The van der Waals surface area contributed by atoms with E-state index in [4.69, 9.17) is 14.2 Å². The van der Waals surface area contributed by atoms with Gasteiger partial charge in [0.1, 0.15) is 6.10 Å². The molecule has 0 N–H and O–H groups in total. The van der Waals surface area contributed by atoms with Crippen molar-refractivity contribution in [3.05, 3.63) is 11.6 Å². The van der Waals surface area contributed by atoms with Gasteiger partial charge in [0.15, 0.2) is 5.79 Å². The Morgan fingerprint density at radius 3 is 3.00 bits per heavy atom. The zero-order valence-electron chi connectivity index (χ0n) is 9.99. The Kier molecular flexibility index (Phi) is 3.04. The lowest BCUT2D eigenvalue weighted by Gasteiger charge is -2.22. The first-order chi connectivity index (χ1) is 7.53. The van der Waals surface area contributed by atoms with Gasteiger partial charge >= 0.3 is 5.97 Å². The smallest absolute Gasteiger partial charge is 0.336 e. The van der Waals surface area contributed by atoms with Crippen LogP contribution in [0.15, 0.2) is 11.6 Å². The van der Waals surface area contributed by atoms with Crippen LogP contribution in [-0.4, -0.2) is 30.6 Å². The van der Waals surface area contributed by atoms with E-state index in [9.17, 15) is 4.79 Å². The minimum atomic E-state index is -0.606. The summed E-state index contributed by atoms with van der Waals surface area (Å²) in [6.45, 7) is 5.93. The minimum absolute atomic E-state index is 0.0144. The average Bonchev–Trinajstić information content (AvgIpc) is 2.51. The average molecular weight is 226 g/mol. The van der Waals surface area contributed by atoms with Gasteiger partial charge in [-0.3, -0.25) is 0 Å². The summed E-state index contributed by atoms with van der Waals surface area (Å²) in [6, 6.07) is 0. The highest BCUT2D eigenvalue weighted by molar-refractivity contribution is 5.90. The largest absolute Gasteiger partial charge is 0.463 e. The normalized spacial score (nSPS) is 31.8. The third kappa shape index (κ3) is 2.13. The highest BCUT2D eigenvalue weighted by atomic mass is 16.8. The maximum Gasteiger partial charge on any atom is 0.336 e. The second kappa shape index (κ2) is 4.18. The van der Waals surface area contributed by atoms with Crippen LogP contribution in [0.3, 0.4) is 0 Å². The molecule has 0 spiro atoms. The third-order valence-electron chi connectivity index (χ3n) is 2.82. The van der Waals surface area contributed by atoms with Crippen molar-refractivity contribution in [1.82, 2.24) is 0 Å². The van der Waals surface area contributed by atoms with Gasteiger partial charge in [-0.05, 0) is 33.6 Å². The molecule has 1 fully saturated rings. The Morgan fingerprint density at radius 2 is 2.31 bits per heavy atom. The molecule has 4 heteroatoms. The van der Waals surface area contributed by atoms with Gasteiger partial charge in [0.25, 0.3) is 0 Å². The number of fused-ring (bicyclic) bond motifs is 1. The predicted molar refractivity (Wildman–Crippen MR) is 57.8 cm³/mol. The van der Waals surface area contributed by atoms with Crippen molar-refractivity contribution >= 4 is 5.97 Å². The van der Waals surface area contributed by atoms with Gasteiger partial charge in [-0.15, -0.1) is 0 Å². The van der Waals surface area contributed by atoms with Crippen LogP contribution in [-0.2, 0) is 19.0 Å². The van der Waals surface area contributed by atoms with Gasteiger partial charge in [0, 0.05) is 0 Å². The maximum absolute atomic E-state index is 11.7. The first-order valence-electron chi connectivity index (χ1n) is 5.76. The fourth-order valence-corrected chi connectivity index (χ4v) is 2.24. The summed E-state index contributed by atoms with van der Waals surface area (Å²) < 4.78 is 16.5. The molecule has 1 heterocycles. The number of hydrogen-bond donors (Lipinski definition) is 0. The summed E-state index contributed by atoms with van der Waals surface area (Å²) in [5, 5.41) is 0. The van der Waals surface area contributed by atoms with Gasteiger partial charge in [-0.25, -0.2) is 4.79 Å². The van der Waals surface area contributed by atoms with Gasteiger partial charge in [0.2, 0.25) is 0 Å². The monoisotopic (exact) mass is 226 g/mol. The number of carbonyl (C=O) groups excluding carboxylic acids is 1. The Labute approximate surface area is 95.6 Å². The number of rotatable bonds is 2. The second-order valence-corrected chi connectivity index (χ2v) is 4.55. The molecule has 4 nitrogen and oxygen atoms in total. The summed E-state index contributed by atoms with van der Waals surface area (Å²) in [5.74, 6) is -0.885. The molecule has 0 aromatic rings. The lowest BCUT2D eigenvalue weighted by molar-refractivity contribution is -0.147. The van der Waals surface area contributed by atoms with Crippen molar-refractivity contribution in [2.75, 3.05) is 6.61 Å². The molecule has 2 rings (SSSR count). The van der Waals surface area contributed by atoms with E-state index in [1.54, 1.807) is 6.92 Å². The molecule has 90 valence electrons. The molecule has 1 aliphatic heterocycles. The van der Waals surface area contributed by atoms with Crippen molar-refractivity contribution < 1.29 is 19.0 Å². The number of hydrogen-bond acceptors (Lipinski definition) is 4. The number of allylic oxidation sites excluding steroid dienone is 1. The van der Waals surface area contributed by atoms with Crippen LogP contribution in [0.2, 0.25) is 0 Å². The van der Waals surface area contributed by atoms with E-state index in [0.717, 1.165) is 12.8 Å². The van der Waals surface area contributed by atoms with Gasteiger partial charge < -0.3 is 14.2 Å². The topological polar surface area (TPSA) is 44.8 Å². The van der Waals surface area contributed by atoms with Gasteiger partial charge in [-0.1, -0.05) is 6.08 Å². The highest BCUT2D eigenvalue weighted by Crippen LogP contribution is 2.37. The van der Waals surface area contributed by atoms with Crippen LogP contribution in [0, 0.1) is 0 Å². The van der Waals surface area contributed by atoms with Crippen LogP contribution in [0.1, 0.15) is 33.6 Å². The summed E-state index contributed by atoms with van der Waals surface area (Å²) in [7, 11) is 0. The first-order valence-corrected chi connectivity index (χ1v) is 5.76. The van der Waals surface area contributed by atoms with E-state index in [2.05, 4.69) is 0 Å². The molecule has 0 bridgehead atoms. The van der Waals surface area contributed by atoms with E-state index >= 15 is 0 Å². The molecule has 1 aliphatic carbocycles. The van der Waals surface area contributed by atoms with E-state index in [0.29, 0.717) is 12.2 Å². The molecule has 0 aromatic heterocycles. The molecule has 1 saturated heterocycles. The Morgan fingerprint density at radius 1 is 1.56 bits per heavy atom. The third-order valence-corrected chi connectivity index (χ3v) is 2.82. The molecule has 16 heavy (non-hydrogen) atoms. The first kappa shape index (κ1) is 11.6. The summed E-state index contributed by atoms with van der Waals surface area (Å²) in [4.78, 5) is 11.7. The maximum atomic E-state index is 11.7. The molecule has 2 aliphatic rings. The number of esters is 1. The highest BCUT2D eigenvalue weighted by Gasteiger charge is 2.46. The van der Waals surface area contributed by atoms with E-state index in [1.165, 1.54) is 0 Å². The van der Waals surface area contributed by atoms with Crippen LogP contribution < -0.4 is 0 Å². The summed E-state index contributed by atoms with van der Waals surface area (Å²) >= 11 is 0. The molecular formula is C12H18O4. The van der Waals surface area contributed by atoms with Crippen molar-refractivity contribution in [3.8, 4) is 0 Å². The molecule has 0 radical (unpaired) electrons. The molecule has 2 atom stereocenters. The lowest BCUT2D eigenvalue weighted by Crippen LogP contribution is -2.32. The Bertz CT molecular complexity index is 319. The van der Waals surface area contributed by atoms with Crippen LogP contribution in [0.4, 0.5) is 0 Å². The van der Waals surface area contributed by atoms with Crippen molar-refractivity contribution in [1.29, 1.82) is 0 Å². The van der Waals surface area contributed by atoms with Crippen LogP contribution in [0.5, 0.6) is 0 Å². The zero-order chi connectivity index (χ0) is 11.8. The molecule has 0 saturated carbocycles. The van der Waals surface area contributed by atoms with Gasteiger partial charge in [0.05, 0.1) is 18.3 Å². The number of ether oxygens (including phenoxy) is 3. The Balaban J connectivity index is 2.14. The quantitative estimate of drug-likeness (QED) is 0.673. The zero-order valence-corrected chi connectivity index (χ0v) is 9.99. The summed E-state index contributed by atoms with van der Waals surface area (Å²) in [6.07, 6.45) is 3.37. The summed E-state index contributed by atoms with van der Waals surface area (Å²) in [5.41, 5.74) is 0.615. The Hall–Kier alpha value is -0.870. The van der Waals surface area contributed by atoms with Crippen molar-refractivity contribution in [3.63, 3.8) is 0 Å². The number of carbonyl (C=O) groups is 1. The fraction of sp³-hybridized carbons (Fsp3) is 0.750. The molecule has 2 unspecified atom stereocenters. The van der Waals surface area contributed by atoms with Crippen molar-refractivity contribution in [2.24, 2.45) is 0 Å². The molecule has 0 aromatic carbocycles. The van der Waals surface area contributed by atoms with Crippen LogP contribution >= 0.6 is 0 Å². The standard InChI is InChI=1S/C12H18O4/c1-4-14-11(13)8-6-5-7-9-10(8)16-12(2,3)15-9/h6,9-10H,4-5,7H2,1-3H3. The van der Waals surface area contributed by atoms with Gasteiger partial charge in [-0.2, -0.15) is 0 Å². The predicted octanol–water partition coefficient (Wildman–Crippen LogP) is 1.79. The fourth-order valence-electron chi connectivity index (χ4n) is 2.24. The van der Waals surface area contributed by atoms with Crippen LogP contribution in [0.25, 0.3) is 0 Å². The second-order valence-electron chi connectivity index (χ2n) is 4.55. The lowest BCUT2D eigenvalue weighted by atomic mass is 9.94.